The zero-order valence-electron chi connectivity index (χ0n) is 10.3. The van der Waals surface area contributed by atoms with Crippen molar-refractivity contribution < 1.29 is 5.11 Å². The monoisotopic (exact) mass is 238 g/mol. The quantitative estimate of drug-likeness (QED) is 0.572. The summed E-state index contributed by atoms with van der Waals surface area (Å²) in [4.78, 5) is 1.25. The van der Waals surface area contributed by atoms with Crippen LogP contribution in [0.4, 0.5) is 0 Å². The van der Waals surface area contributed by atoms with E-state index in [1.807, 2.05) is 0 Å². The summed E-state index contributed by atoms with van der Waals surface area (Å²) in [6.07, 6.45) is 4.38. The molecule has 1 nitrogen and oxygen atoms in total. The average molecular weight is 238 g/mol. The molecule has 0 bridgehead atoms. The van der Waals surface area contributed by atoms with E-state index in [1.54, 1.807) is 11.8 Å². The van der Waals surface area contributed by atoms with E-state index in [-0.39, 0.29) is 6.10 Å². The van der Waals surface area contributed by atoms with Crippen molar-refractivity contribution in [1.82, 2.24) is 0 Å². The standard InChI is InChI=1S/C14H22OS/c1-3-4-5-6-13(15)11-16-14-9-7-12(2)8-10-14/h7-10,13,15H,3-6,11H2,1-2H3/t13-/m0/s1. The molecule has 0 aromatic heterocycles. The first-order chi connectivity index (χ1) is 7.72. The highest BCUT2D eigenvalue weighted by Crippen LogP contribution is 2.20. The maximum Gasteiger partial charge on any atom is 0.0634 e. The molecule has 0 aliphatic carbocycles. The molecule has 0 saturated heterocycles. The van der Waals surface area contributed by atoms with Gasteiger partial charge in [0.05, 0.1) is 6.10 Å². The van der Waals surface area contributed by atoms with Crippen LogP contribution in [-0.2, 0) is 0 Å². The molecular weight excluding hydrogens is 216 g/mol. The summed E-state index contributed by atoms with van der Waals surface area (Å²) in [7, 11) is 0. The fourth-order valence-electron chi connectivity index (χ4n) is 1.54. The molecule has 0 saturated carbocycles. The molecule has 16 heavy (non-hydrogen) atoms. The van der Waals surface area contributed by atoms with E-state index in [9.17, 15) is 5.11 Å². The lowest BCUT2D eigenvalue weighted by atomic mass is 10.1. The van der Waals surface area contributed by atoms with Crippen LogP contribution in [0.25, 0.3) is 0 Å². The molecule has 0 heterocycles. The Hall–Kier alpha value is -0.470. The van der Waals surface area contributed by atoms with Gasteiger partial charge in [0.25, 0.3) is 0 Å². The summed E-state index contributed by atoms with van der Waals surface area (Å²) < 4.78 is 0. The maximum atomic E-state index is 9.77. The Kier molecular flexibility index (Phi) is 6.58. The molecule has 0 radical (unpaired) electrons. The Balaban J connectivity index is 2.20. The molecule has 1 N–H and O–H groups in total. The molecule has 0 aliphatic heterocycles. The number of hydrogen-bond donors (Lipinski definition) is 1. The van der Waals surface area contributed by atoms with E-state index in [0.717, 1.165) is 18.6 Å². The SMILES string of the molecule is CCCCC[C@H](O)CSc1ccc(C)cc1. The van der Waals surface area contributed by atoms with Crippen LogP contribution in [0.2, 0.25) is 0 Å². The van der Waals surface area contributed by atoms with Gasteiger partial charge in [-0.1, -0.05) is 43.9 Å². The summed E-state index contributed by atoms with van der Waals surface area (Å²) >= 11 is 1.75. The first-order valence-corrected chi connectivity index (χ1v) is 7.08. The summed E-state index contributed by atoms with van der Waals surface area (Å²) in [6.45, 7) is 4.28. The molecule has 0 fully saturated rings. The number of hydrogen-bond acceptors (Lipinski definition) is 2. The lowest BCUT2D eigenvalue weighted by molar-refractivity contribution is 0.185. The van der Waals surface area contributed by atoms with Crippen LogP contribution in [0, 0.1) is 6.92 Å². The van der Waals surface area contributed by atoms with Gasteiger partial charge in [-0.3, -0.25) is 0 Å². The fraction of sp³-hybridized carbons (Fsp3) is 0.571. The van der Waals surface area contributed by atoms with E-state index in [0.29, 0.717) is 0 Å². The van der Waals surface area contributed by atoms with E-state index >= 15 is 0 Å². The highest BCUT2D eigenvalue weighted by atomic mass is 32.2. The number of benzene rings is 1. The summed E-state index contributed by atoms with van der Waals surface area (Å²) in [5, 5.41) is 9.77. The van der Waals surface area contributed by atoms with Gasteiger partial charge in [0, 0.05) is 10.6 Å². The normalized spacial score (nSPS) is 12.7. The highest BCUT2D eigenvalue weighted by molar-refractivity contribution is 7.99. The second-order valence-electron chi connectivity index (χ2n) is 4.27. The number of rotatable bonds is 7. The van der Waals surface area contributed by atoms with Crippen molar-refractivity contribution in [3.8, 4) is 0 Å². The van der Waals surface area contributed by atoms with Gasteiger partial charge in [-0.15, -0.1) is 11.8 Å². The van der Waals surface area contributed by atoms with Crippen LogP contribution < -0.4 is 0 Å². The largest absolute Gasteiger partial charge is 0.392 e. The van der Waals surface area contributed by atoms with Gasteiger partial charge in [-0.05, 0) is 25.5 Å². The van der Waals surface area contributed by atoms with E-state index < -0.39 is 0 Å². The van der Waals surface area contributed by atoms with E-state index in [4.69, 9.17) is 0 Å². The smallest absolute Gasteiger partial charge is 0.0634 e. The molecule has 1 aromatic rings. The summed E-state index contributed by atoms with van der Waals surface area (Å²) in [5.74, 6) is 0.812. The Labute approximate surface area is 103 Å². The van der Waals surface area contributed by atoms with Crippen LogP contribution in [-0.4, -0.2) is 17.0 Å². The fourth-order valence-corrected chi connectivity index (χ4v) is 2.42. The van der Waals surface area contributed by atoms with E-state index in [1.165, 1.54) is 23.3 Å². The van der Waals surface area contributed by atoms with Crippen molar-refractivity contribution in [2.45, 2.75) is 50.5 Å². The van der Waals surface area contributed by atoms with Gasteiger partial charge >= 0.3 is 0 Å². The molecule has 2 heteroatoms. The third-order valence-electron chi connectivity index (χ3n) is 2.60. The minimum Gasteiger partial charge on any atom is -0.392 e. The number of aliphatic hydroxyl groups excluding tert-OH is 1. The Morgan fingerprint density at radius 3 is 2.50 bits per heavy atom. The van der Waals surface area contributed by atoms with Crippen LogP contribution in [0.15, 0.2) is 29.2 Å². The van der Waals surface area contributed by atoms with Gasteiger partial charge in [0.15, 0.2) is 0 Å². The molecule has 0 amide bonds. The first kappa shape index (κ1) is 13.6. The summed E-state index contributed by atoms with van der Waals surface area (Å²) in [6, 6.07) is 8.48. The average Bonchev–Trinajstić information content (AvgIpc) is 2.29. The van der Waals surface area contributed by atoms with Gasteiger partial charge in [0.1, 0.15) is 0 Å². The van der Waals surface area contributed by atoms with Crippen LogP contribution in [0.1, 0.15) is 38.2 Å². The highest BCUT2D eigenvalue weighted by Gasteiger charge is 2.04. The van der Waals surface area contributed by atoms with Crippen molar-refractivity contribution in [1.29, 1.82) is 0 Å². The van der Waals surface area contributed by atoms with Crippen molar-refractivity contribution in [3.05, 3.63) is 29.8 Å². The molecular formula is C14H22OS. The molecule has 1 rings (SSSR count). The van der Waals surface area contributed by atoms with Gasteiger partial charge in [0.2, 0.25) is 0 Å². The Morgan fingerprint density at radius 1 is 1.19 bits per heavy atom. The topological polar surface area (TPSA) is 20.2 Å². The van der Waals surface area contributed by atoms with E-state index in [2.05, 4.69) is 38.1 Å². The lowest BCUT2D eigenvalue weighted by Gasteiger charge is -2.09. The van der Waals surface area contributed by atoms with Crippen LogP contribution in [0.3, 0.4) is 0 Å². The second-order valence-corrected chi connectivity index (χ2v) is 5.37. The Morgan fingerprint density at radius 2 is 1.88 bits per heavy atom. The maximum absolute atomic E-state index is 9.77. The number of aliphatic hydroxyl groups is 1. The molecule has 1 atom stereocenters. The second kappa shape index (κ2) is 7.75. The molecule has 0 aliphatic rings. The van der Waals surface area contributed by atoms with Gasteiger partial charge in [-0.2, -0.15) is 0 Å². The predicted molar refractivity (Wildman–Crippen MR) is 72.1 cm³/mol. The van der Waals surface area contributed by atoms with Crippen LogP contribution >= 0.6 is 11.8 Å². The van der Waals surface area contributed by atoms with Gasteiger partial charge in [-0.25, -0.2) is 0 Å². The summed E-state index contributed by atoms with van der Waals surface area (Å²) in [5.41, 5.74) is 1.29. The van der Waals surface area contributed by atoms with Crippen molar-refractivity contribution in [2.24, 2.45) is 0 Å². The molecule has 1 aromatic carbocycles. The Bertz CT molecular complexity index is 281. The molecule has 0 spiro atoms. The predicted octanol–water partition coefficient (Wildman–Crippen LogP) is 4.03. The number of unbranched alkanes of at least 4 members (excludes halogenated alkanes) is 2. The zero-order valence-corrected chi connectivity index (χ0v) is 11.1. The first-order valence-electron chi connectivity index (χ1n) is 6.10. The van der Waals surface area contributed by atoms with Crippen molar-refractivity contribution in [3.63, 3.8) is 0 Å². The number of aryl methyl sites for hydroxylation is 1. The zero-order chi connectivity index (χ0) is 11.8. The third kappa shape index (κ3) is 5.57. The van der Waals surface area contributed by atoms with Gasteiger partial charge < -0.3 is 5.11 Å². The minimum absolute atomic E-state index is 0.155. The molecule has 90 valence electrons. The minimum atomic E-state index is -0.155. The van der Waals surface area contributed by atoms with Crippen molar-refractivity contribution >= 4 is 11.8 Å². The number of thioether (sulfide) groups is 1. The van der Waals surface area contributed by atoms with Crippen LogP contribution in [0.5, 0.6) is 0 Å². The third-order valence-corrected chi connectivity index (χ3v) is 3.76. The van der Waals surface area contributed by atoms with Crippen molar-refractivity contribution in [2.75, 3.05) is 5.75 Å². The lowest BCUT2D eigenvalue weighted by Crippen LogP contribution is -2.09. The molecule has 0 unspecified atom stereocenters.